The minimum Gasteiger partial charge on any atom is -0.309 e. The SMILES string of the molecule is N#Cc1ccc(-n2c3ccccc3c3cc(-c4ccccc4)ccc32)cc1-c1nc(-c2ccccc2)nc(-c2cc(-n3c4ccccc4c4cc(-c5ccccc5)ccc43)ccc2-c2ccccc2C#N)n1. The van der Waals surface area contributed by atoms with E-state index in [-0.39, 0.29) is 0 Å². The highest BCUT2D eigenvalue weighted by atomic mass is 15.0. The van der Waals surface area contributed by atoms with Gasteiger partial charge in [0.05, 0.1) is 45.3 Å². The molecule has 0 spiro atoms. The Labute approximate surface area is 415 Å². The average molecular weight is 918 g/mol. The van der Waals surface area contributed by atoms with Crippen LogP contribution in [0.5, 0.6) is 0 Å². The molecular formula is C65H39N7. The number of hydrogen-bond donors (Lipinski definition) is 0. The van der Waals surface area contributed by atoms with Crippen molar-refractivity contribution in [2.24, 2.45) is 0 Å². The fourth-order valence-electron chi connectivity index (χ4n) is 10.3. The molecule has 0 fully saturated rings. The van der Waals surface area contributed by atoms with Gasteiger partial charge >= 0.3 is 0 Å². The van der Waals surface area contributed by atoms with Crippen LogP contribution in [0.15, 0.2) is 237 Å². The second kappa shape index (κ2) is 17.4. The van der Waals surface area contributed by atoms with Gasteiger partial charge in [-0.3, -0.25) is 0 Å². The molecule has 0 saturated carbocycles. The molecule has 0 bridgehead atoms. The number of aromatic nitrogens is 5. The molecule has 0 unspecified atom stereocenters. The Balaban J connectivity index is 1.04. The monoisotopic (exact) mass is 917 g/mol. The Kier molecular flexibility index (Phi) is 10.1. The van der Waals surface area contributed by atoms with Crippen LogP contribution in [0.1, 0.15) is 11.1 Å². The van der Waals surface area contributed by atoms with E-state index in [9.17, 15) is 10.5 Å². The van der Waals surface area contributed by atoms with Crippen LogP contribution in [0.25, 0.3) is 123 Å². The lowest BCUT2D eigenvalue weighted by molar-refractivity contribution is 1.07. The summed E-state index contributed by atoms with van der Waals surface area (Å²) in [6, 6.07) is 85.6. The second-order valence-corrected chi connectivity index (χ2v) is 17.8. The summed E-state index contributed by atoms with van der Waals surface area (Å²) in [5.74, 6) is 1.19. The minimum absolute atomic E-state index is 0.347. The lowest BCUT2D eigenvalue weighted by Gasteiger charge is -2.16. The van der Waals surface area contributed by atoms with Gasteiger partial charge in [-0.25, -0.2) is 15.0 Å². The zero-order chi connectivity index (χ0) is 48.1. The summed E-state index contributed by atoms with van der Waals surface area (Å²) >= 11 is 0. The summed E-state index contributed by atoms with van der Waals surface area (Å²) in [5.41, 5.74) is 15.0. The maximum atomic E-state index is 10.8. The molecule has 7 heteroatoms. The largest absolute Gasteiger partial charge is 0.309 e. The van der Waals surface area contributed by atoms with Crippen LogP contribution in [0.3, 0.4) is 0 Å². The molecule has 10 aromatic carbocycles. The second-order valence-electron chi connectivity index (χ2n) is 17.8. The van der Waals surface area contributed by atoms with E-state index < -0.39 is 0 Å². The molecule has 0 N–H and O–H groups in total. The standard InChI is InChI=1S/C65H39N7/c66-40-47-22-10-11-23-51(47)52-33-32-50(72-60-27-15-13-25-54(60)57-37-46(30-35-62(57)72)43-18-6-2-7-19-43)39-58(52)65-69-63(44-20-8-3-9-21-44)68-64(70-65)55-38-49(31-28-48(55)41-67)71-59-26-14-12-24-53(59)56-36-45(29-34-61(56)71)42-16-4-1-5-17-42/h1-39H. The van der Waals surface area contributed by atoms with Crippen molar-refractivity contribution in [1.82, 2.24) is 24.1 Å². The van der Waals surface area contributed by atoms with Crippen molar-refractivity contribution in [2.75, 3.05) is 0 Å². The number of benzene rings is 10. The number of rotatable bonds is 8. The first-order chi connectivity index (χ1) is 35.6. The Bertz CT molecular complexity index is 4350. The number of nitriles is 2. The van der Waals surface area contributed by atoms with E-state index in [1.165, 1.54) is 0 Å². The van der Waals surface area contributed by atoms with Crippen molar-refractivity contribution in [3.63, 3.8) is 0 Å². The van der Waals surface area contributed by atoms with E-state index in [4.69, 9.17) is 15.0 Å². The third-order valence-corrected chi connectivity index (χ3v) is 13.7. The molecule has 0 aliphatic carbocycles. The van der Waals surface area contributed by atoms with Crippen LogP contribution < -0.4 is 0 Å². The molecule has 13 rings (SSSR count). The quantitative estimate of drug-likeness (QED) is 0.151. The van der Waals surface area contributed by atoms with Crippen LogP contribution in [0.2, 0.25) is 0 Å². The first-order valence-electron chi connectivity index (χ1n) is 23.8. The molecule has 72 heavy (non-hydrogen) atoms. The van der Waals surface area contributed by atoms with E-state index in [0.29, 0.717) is 39.7 Å². The first-order valence-corrected chi connectivity index (χ1v) is 23.8. The van der Waals surface area contributed by atoms with Gasteiger partial charge in [-0.05, 0) is 101 Å². The fourth-order valence-corrected chi connectivity index (χ4v) is 10.3. The molecule has 0 atom stereocenters. The molecule has 0 aliphatic rings. The van der Waals surface area contributed by atoms with Crippen LogP contribution in [0, 0.1) is 22.7 Å². The number of fused-ring (bicyclic) bond motifs is 6. The van der Waals surface area contributed by atoms with Gasteiger partial charge in [-0.15, -0.1) is 0 Å². The van der Waals surface area contributed by atoms with Crippen molar-refractivity contribution in [3.05, 3.63) is 248 Å². The Morgan fingerprint density at radius 3 is 1.28 bits per heavy atom. The molecule has 0 amide bonds. The number of nitrogens with zero attached hydrogens (tertiary/aromatic N) is 7. The highest BCUT2D eigenvalue weighted by Crippen LogP contribution is 2.41. The van der Waals surface area contributed by atoms with Gasteiger partial charge in [-0.1, -0.05) is 164 Å². The van der Waals surface area contributed by atoms with E-state index in [1.54, 1.807) is 0 Å². The van der Waals surface area contributed by atoms with Crippen molar-refractivity contribution in [3.8, 4) is 91.1 Å². The van der Waals surface area contributed by atoms with E-state index in [1.807, 2.05) is 84.9 Å². The van der Waals surface area contributed by atoms with Gasteiger partial charge in [0.2, 0.25) is 0 Å². The van der Waals surface area contributed by atoms with Crippen LogP contribution in [0.4, 0.5) is 0 Å². The molecule has 3 heterocycles. The summed E-state index contributed by atoms with van der Waals surface area (Å²) in [7, 11) is 0. The molecule has 0 aliphatic heterocycles. The predicted molar refractivity (Wildman–Crippen MR) is 291 cm³/mol. The van der Waals surface area contributed by atoms with Gasteiger partial charge in [0.15, 0.2) is 17.5 Å². The molecule has 334 valence electrons. The van der Waals surface area contributed by atoms with Crippen LogP contribution >= 0.6 is 0 Å². The fraction of sp³-hybridized carbons (Fsp3) is 0. The lowest BCUT2D eigenvalue weighted by Crippen LogP contribution is -2.04. The van der Waals surface area contributed by atoms with Gasteiger partial charge in [0.25, 0.3) is 0 Å². The van der Waals surface area contributed by atoms with Gasteiger partial charge in [-0.2, -0.15) is 10.5 Å². The number of hydrogen-bond acceptors (Lipinski definition) is 5. The van der Waals surface area contributed by atoms with Crippen molar-refractivity contribution >= 4 is 43.6 Å². The Morgan fingerprint density at radius 1 is 0.278 bits per heavy atom. The number of para-hydroxylation sites is 2. The minimum atomic E-state index is 0.347. The van der Waals surface area contributed by atoms with E-state index in [0.717, 1.165) is 93.9 Å². The average Bonchev–Trinajstić information content (AvgIpc) is 3.97. The molecule has 7 nitrogen and oxygen atoms in total. The normalized spacial score (nSPS) is 11.3. The zero-order valence-electron chi connectivity index (χ0n) is 38.6. The van der Waals surface area contributed by atoms with Gasteiger partial charge < -0.3 is 9.13 Å². The van der Waals surface area contributed by atoms with Gasteiger partial charge in [0.1, 0.15) is 0 Å². The van der Waals surface area contributed by atoms with Crippen LogP contribution in [-0.4, -0.2) is 24.1 Å². The highest BCUT2D eigenvalue weighted by Gasteiger charge is 2.23. The van der Waals surface area contributed by atoms with Crippen molar-refractivity contribution in [2.45, 2.75) is 0 Å². The third-order valence-electron chi connectivity index (χ3n) is 13.7. The summed E-state index contributed by atoms with van der Waals surface area (Å²) in [5, 5.41) is 25.8. The molecule has 13 aromatic rings. The van der Waals surface area contributed by atoms with Crippen LogP contribution in [-0.2, 0) is 0 Å². The summed E-state index contributed by atoms with van der Waals surface area (Å²) < 4.78 is 4.54. The van der Waals surface area contributed by atoms with E-state index in [2.05, 4.69) is 173 Å². The third kappa shape index (κ3) is 7.08. The maximum Gasteiger partial charge on any atom is 0.165 e. The molecule has 3 aromatic heterocycles. The summed E-state index contributed by atoms with van der Waals surface area (Å²) in [6.07, 6.45) is 0. The molecule has 0 radical (unpaired) electrons. The van der Waals surface area contributed by atoms with Gasteiger partial charge in [0, 0.05) is 55.2 Å². The first kappa shape index (κ1) is 41.9. The van der Waals surface area contributed by atoms with E-state index >= 15 is 0 Å². The Hall–Kier alpha value is -10.2. The highest BCUT2D eigenvalue weighted by molar-refractivity contribution is 6.12. The zero-order valence-corrected chi connectivity index (χ0v) is 38.6. The smallest absolute Gasteiger partial charge is 0.165 e. The van der Waals surface area contributed by atoms with Crippen molar-refractivity contribution in [1.29, 1.82) is 10.5 Å². The Morgan fingerprint density at radius 2 is 0.708 bits per heavy atom. The van der Waals surface area contributed by atoms with Crippen molar-refractivity contribution < 1.29 is 0 Å². The maximum absolute atomic E-state index is 10.8. The topological polar surface area (TPSA) is 96.1 Å². The summed E-state index contributed by atoms with van der Waals surface area (Å²) in [6.45, 7) is 0. The lowest BCUT2D eigenvalue weighted by atomic mass is 9.94. The summed E-state index contributed by atoms with van der Waals surface area (Å²) in [4.78, 5) is 15.8. The molecule has 0 saturated heterocycles. The molecular weight excluding hydrogens is 879 g/mol. The predicted octanol–water partition coefficient (Wildman–Crippen LogP) is 15.8.